The molecule has 2 fully saturated rings. The van der Waals surface area contributed by atoms with Crippen molar-refractivity contribution in [2.75, 3.05) is 31.7 Å². The molecule has 0 spiro atoms. The molecule has 2 aliphatic heterocycles. The molecule has 0 radical (unpaired) electrons. The maximum atomic E-state index is 13.2. The summed E-state index contributed by atoms with van der Waals surface area (Å²) in [6.45, 7) is -0.925. The Morgan fingerprint density at radius 3 is 2.22 bits per heavy atom. The standard InChI is InChI=1S/C36H50N6O12S/c1-55-12-11-24(41-32(49)23(37)13-20-7-9-22(10-8-20)53-36-31(48)30(47)29(46)27(18-43)54-36)33(50)39-17-28(45)40-26(14-19-5-3-2-4-6-19)35(52)42-34(51)25-15-21(44)16-38-25/h2-10,21,23-27,29-31,36,38,43-44,46-48H,11-18,37H2,1H3,(H,39,50)(H,40,45)(H,41,49)(H,42,51,52)/t21-,23+,24-,25+,26+,27-,29-,30+,31-,36-/m1/s1. The minimum atomic E-state index is -1.60. The average molecular weight is 791 g/mol. The Labute approximate surface area is 321 Å². The van der Waals surface area contributed by atoms with Crippen LogP contribution in [0.2, 0.25) is 0 Å². The van der Waals surface area contributed by atoms with Crippen molar-refractivity contribution in [3.8, 4) is 5.75 Å². The van der Waals surface area contributed by atoms with Gasteiger partial charge >= 0.3 is 0 Å². The van der Waals surface area contributed by atoms with E-state index in [9.17, 15) is 49.5 Å². The van der Waals surface area contributed by atoms with E-state index in [1.807, 2.05) is 6.26 Å². The number of carbonyl (C=O) groups is 5. The van der Waals surface area contributed by atoms with E-state index < -0.39 is 104 Å². The maximum Gasteiger partial charge on any atom is 0.249 e. The molecule has 2 aromatic rings. The number of ether oxygens (including phenoxy) is 2. The molecule has 12 N–H and O–H groups in total. The fraction of sp³-hybridized carbons (Fsp3) is 0.528. The first kappa shape index (κ1) is 43.5. The van der Waals surface area contributed by atoms with Gasteiger partial charge in [0.2, 0.25) is 35.8 Å². The van der Waals surface area contributed by atoms with Crippen molar-refractivity contribution < 1.29 is 59.0 Å². The molecule has 0 unspecified atom stereocenters. The molecular formula is C36H50N6O12S. The second-order valence-electron chi connectivity index (χ2n) is 13.3. The number of amides is 5. The molecule has 2 saturated heterocycles. The van der Waals surface area contributed by atoms with Crippen LogP contribution in [-0.4, -0.2) is 148 Å². The van der Waals surface area contributed by atoms with Crippen LogP contribution < -0.4 is 37.1 Å². The zero-order chi connectivity index (χ0) is 40.1. The molecule has 10 atom stereocenters. The van der Waals surface area contributed by atoms with E-state index in [1.54, 1.807) is 42.5 Å². The Bertz CT molecular complexity index is 1590. The van der Waals surface area contributed by atoms with Crippen molar-refractivity contribution >= 4 is 41.3 Å². The molecule has 5 amide bonds. The lowest BCUT2D eigenvalue weighted by Gasteiger charge is -2.39. The minimum Gasteiger partial charge on any atom is -0.462 e. The van der Waals surface area contributed by atoms with Gasteiger partial charge in [0.1, 0.15) is 42.2 Å². The molecule has 55 heavy (non-hydrogen) atoms. The number of carbonyl (C=O) groups excluding carboxylic acids is 5. The summed E-state index contributed by atoms with van der Waals surface area (Å²) in [6, 6.07) is 11.0. The fourth-order valence-corrected chi connectivity index (χ4v) is 6.41. The van der Waals surface area contributed by atoms with Gasteiger partial charge in [0.05, 0.1) is 31.3 Å². The van der Waals surface area contributed by atoms with Crippen LogP contribution in [-0.2, 0) is 41.6 Å². The van der Waals surface area contributed by atoms with Crippen LogP contribution in [0.4, 0.5) is 0 Å². The molecule has 4 rings (SSSR count). The van der Waals surface area contributed by atoms with Crippen LogP contribution in [0.15, 0.2) is 54.6 Å². The molecule has 19 heteroatoms. The Balaban J connectivity index is 1.29. The molecule has 0 aliphatic carbocycles. The normalized spacial score (nSPS) is 25.2. The van der Waals surface area contributed by atoms with Crippen LogP contribution in [0.5, 0.6) is 5.75 Å². The monoisotopic (exact) mass is 790 g/mol. The molecule has 18 nitrogen and oxygen atoms in total. The van der Waals surface area contributed by atoms with Crippen molar-refractivity contribution in [1.29, 1.82) is 0 Å². The van der Waals surface area contributed by atoms with Gasteiger partial charge in [-0.3, -0.25) is 29.3 Å². The number of hydrogen-bond acceptors (Lipinski definition) is 15. The summed E-state index contributed by atoms with van der Waals surface area (Å²) in [5.41, 5.74) is 7.52. The van der Waals surface area contributed by atoms with Gasteiger partial charge in [-0.25, -0.2) is 0 Å². The number of aliphatic hydroxyl groups is 5. The molecule has 2 aromatic carbocycles. The number of nitrogens with two attached hydrogens (primary N) is 1. The van der Waals surface area contributed by atoms with E-state index in [0.717, 1.165) is 0 Å². The summed E-state index contributed by atoms with van der Waals surface area (Å²) in [6.07, 6.45) is -5.63. The van der Waals surface area contributed by atoms with Gasteiger partial charge in [-0.15, -0.1) is 0 Å². The van der Waals surface area contributed by atoms with E-state index in [4.69, 9.17) is 15.2 Å². The fourth-order valence-electron chi connectivity index (χ4n) is 5.94. The minimum absolute atomic E-state index is 0.0542. The molecule has 2 aliphatic rings. The zero-order valence-electron chi connectivity index (χ0n) is 30.2. The Morgan fingerprint density at radius 1 is 0.891 bits per heavy atom. The molecule has 302 valence electrons. The SMILES string of the molecule is CSCC[C@@H](NC(=O)[C@@H](N)Cc1ccc(O[C@@H]2O[C@H](CO)[C@@H](O)[C@H](O)[C@H]2O)cc1)C(=O)NCC(=O)N[C@@H](Cc1ccccc1)C(=O)NC(=O)[C@@H]1C[C@@H](O)CN1. The van der Waals surface area contributed by atoms with Gasteiger partial charge in [0.15, 0.2) is 0 Å². The summed E-state index contributed by atoms with van der Waals surface area (Å²) in [5, 5.41) is 62.1. The first-order valence-corrected chi connectivity index (χ1v) is 19.2. The van der Waals surface area contributed by atoms with Gasteiger partial charge in [0.25, 0.3) is 0 Å². The van der Waals surface area contributed by atoms with Crippen LogP contribution >= 0.6 is 11.8 Å². The average Bonchev–Trinajstić information content (AvgIpc) is 3.62. The topological polar surface area (TPSA) is 291 Å². The molecule has 0 bridgehead atoms. The molecule has 0 saturated carbocycles. The number of aliphatic hydroxyl groups excluding tert-OH is 5. The van der Waals surface area contributed by atoms with Gasteiger partial charge in [-0.2, -0.15) is 11.8 Å². The lowest BCUT2D eigenvalue weighted by molar-refractivity contribution is -0.277. The van der Waals surface area contributed by atoms with E-state index in [1.165, 1.54) is 23.9 Å². The summed E-state index contributed by atoms with van der Waals surface area (Å²) in [5.74, 6) is -2.65. The van der Waals surface area contributed by atoms with Crippen LogP contribution in [0.3, 0.4) is 0 Å². The quantitative estimate of drug-likeness (QED) is 0.0690. The third-order valence-electron chi connectivity index (χ3n) is 9.09. The highest BCUT2D eigenvalue weighted by Gasteiger charge is 2.44. The lowest BCUT2D eigenvalue weighted by atomic mass is 9.99. The van der Waals surface area contributed by atoms with Crippen LogP contribution in [0.25, 0.3) is 0 Å². The number of imide groups is 1. The van der Waals surface area contributed by atoms with E-state index in [-0.39, 0.29) is 38.0 Å². The number of β-amino-alcohol motifs (C(OH)–C–C–N with tert-alkyl or cyclic N) is 1. The summed E-state index contributed by atoms with van der Waals surface area (Å²) >= 11 is 1.44. The van der Waals surface area contributed by atoms with Gasteiger partial charge < -0.3 is 62.0 Å². The van der Waals surface area contributed by atoms with Crippen molar-refractivity contribution in [2.45, 2.75) is 86.7 Å². The van der Waals surface area contributed by atoms with Crippen LogP contribution in [0.1, 0.15) is 24.0 Å². The highest BCUT2D eigenvalue weighted by atomic mass is 32.2. The largest absolute Gasteiger partial charge is 0.462 e. The predicted octanol–water partition coefficient (Wildman–Crippen LogP) is -3.82. The molecule has 2 heterocycles. The second-order valence-corrected chi connectivity index (χ2v) is 14.3. The maximum absolute atomic E-state index is 13.2. The summed E-state index contributed by atoms with van der Waals surface area (Å²) in [4.78, 5) is 65.1. The summed E-state index contributed by atoms with van der Waals surface area (Å²) < 4.78 is 11.0. The van der Waals surface area contributed by atoms with Crippen molar-refractivity contribution in [3.05, 3.63) is 65.7 Å². The van der Waals surface area contributed by atoms with Crippen LogP contribution in [0, 0.1) is 0 Å². The Kier molecular flexibility index (Phi) is 16.8. The van der Waals surface area contributed by atoms with Crippen molar-refractivity contribution in [3.63, 3.8) is 0 Å². The van der Waals surface area contributed by atoms with Gasteiger partial charge in [0, 0.05) is 13.0 Å². The number of nitrogens with one attached hydrogen (secondary N) is 5. The third-order valence-corrected chi connectivity index (χ3v) is 9.73. The summed E-state index contributed by atoms with van der Waals surface area (Å²) in [7, 11) is 0. The Hall–Kier alpha value is -4.18. The van der Waals surface area contributed by atoms with Gasteiger partial charge in [-0.05, 0) is 54.5 Å². The number of rotatable bonds is 18. The lowest BCUT2D eigenvalue weighted by Crippen LogP contribution is -2.60. The number of thioether (sulfide) groups is 1. The van der Waals surface area contributed by atoms with E-state index in [0.29, 0.717) is 16.9 Å². The Morgan fingerprint density at radius 2 is 1.58 bits per heavy atom. The zero-order valence-corrected chi connectivity index (χ0v) is 31.0. The van der Waals surface area contributed by atoms with E-state index >= 15 is 0 Å². The number of benzene rings is 2. The molecular weight excluding hydrogens is 740 g/mol. The second kappa shape index (κ2) is 21.2. The molecule has 0 aromatic heterocycles. The smallest absolute Gasteiger partial charge is 0.249 e. The highest BCUT2D eigenvalue weighted by Crippen LogP contribution is 2.24. The predicted molar refractivity (Wildman–Crippen MR) is 198 cm³/mol. The van der Waals surface area contributed by atoms with Gasteiger partial charge in [-0.1, -0.05) is 42.5 Å². The first-order valence-electron chi connectivity index (χ1n) is 17.8. The van der Waals surface area contributed by atoms with Crippen molar-refractivity contribution in [1.82, 2.24) is 26.6 Å². The third kappa shape index (κ3) is 12.9. The van der Waals surface area contributed by atoms with Crippen molar-refractivity contribution in [2.24, 2.45) is 5.73 Å². The number of hydrogen-bond donors (Lipinski definition) is 11. The van der Waals surface area contributed by atoms with E-state index in [2.05, 4.69) is 26.6 Å². The first-order chi connectivity index (χ1) is 26.3. The highest BCUT2D eigenvalue weighted by molar-refractivity contribution is 7.98.